The summed E-state index contributed by atoms with van der Waals surface area (Å²) in [6.07, 6.45) is 5.56. The number of aromatic hydroxyl groups is 1. The number of hydrogen-bond donors (Lipinski definition) is 2. The summed E-state index contributed by atoms with van der Waals surface area (Å²) >= 11 is 6.07. The molecule has 4 rings (SSSR count). The molecule has 0 spiro atoms. The number of benzene rings is 2. The largest absolute Gasteiger partial charge is 0.508 e. The second-order valence-corrected chi connectivity index (χ2v) is 7.26. The molecule has 4 nitrogen and oxygen atoms in total. The molecule has 0 unspecified atom stereocenters. The molecule has 2 heterocycles. The Bertz CT molecular complexity index is 922. The number of likely N-dealkylation sites (tertiary alicyclic amines) is 1. The monoisotopic (exact) mass is 367 g/mol. The van der Waals surface area contributed by atoms with Gasteiger partial charge in [0.2, 0.25) is 0 Å². The zero-order valence-electron chi connectivity index (χ0n) is 14.6. The van der Waals surface area contributed by atoms with Crippen molar-refractivity contribution >= 4 is 33.9 Å². The number of rotatable bonds is 4. The van der Waals surface area contributed by atoms with Crippen LogP contribution in [0.3, 0.4) is 0 Å². The van der Waals surface area contributed by atoms with Gasteiger partial charge in [-0.15, -0.1) is 0 Å². The quantitative estimate of drug-likeness (QED) is 0.612. The SMILES string of the molecule is Oc1ccc(Nc2ccnc3cc(Cl)ccc23)cc1CN1CCCCC1. The number of phenols is 1. The number of nitrogens with zero attached hydrogens (tertiary/aromatic N) is 2. The van der Waals surface area contributed by atoms with Crippen molar-refractivity contribution in [1.82, 2.24) is 9.88 Å². The molecule has 0 atom stereocenters. The van der Waals surface area contributed by atoms with E-state index < -0.39 is 0 Å². The van der Waals surface area contributed by atoms with Gasteiger partial charge >= 0.3 is 0 Å². The number of nitrogens with one attached hydrogen (secondary N) is 1. The lowest BCUT2D eigenvalue weighted by molar-refractivity contribution is 0.218. The Morgan fingerprint density at radius 1 is 1.04 bits per heavy atom. The number of halogens is 1. The van der Waals surface area contributed by atoms with Gasteiger partial charge in [0.1, 0.15) is 5.75 Å². The van der Waals surface area contributed by atoms with Crippen molar-refractivity contribution in [3.63, 3.8) is 0 Å². The standard InChI is InChI=1S/C21H22ClN3O/c22-16-4-6-18-19(8-9-23-20(18)13-16)24-17-5-7-21(26)15(12-17)14-25-10-2-1-3-11-25/h4-9,12-13,26H,1-3,10-11,14H2,(H,23,24). The van der Waals surface area contributed by atoms with Crippen molar-refractivity contribution < 1.29 is 5.11 Å². The van der Waals surface area contributed by atoms with Gasteiger partial charge < -0.3 is 10.4 Å². The third-order valence-corrected chi connectivity index (χ3v) is 5.14. The predicted octanol–water partition coefficient (Wildman–Crippen LogP) is 5.32. The summed E-state index contributed by atoms with van der Waals surface area (Å²) in [5, 5.41) is 15.4. The van der Waals surface area contributed by atoms with Crippen LogP contribution < -0.4 is 5.32 Å². The molecule has 0 saturated carbocycles. The molecule has 1 aliphatic heterocycles. The molecule has 3 aromatic rings. The maximum atomic E-state index is 10.3. The Hall–Kier alpha value is -2.30. The molecule has 0 radical (unpaired) electrons. The van der Waals surface area contributed by atoms with Crippen molar-refractivity contribution in [3.8, 4) is 5.75 Å². The average molecular weight is 368 g/mol. The van der Waals surface area contributed by atoms with E-state index >= 15 is 0 Å². The van der Waals surface area contributed by atoms with Crippen LogP contribution in [0, 0.1) is 0 Å². The smallest absolute Gasteiger partial charge is 0.120 e. The van der Waals surface area contributed by atoms with Crippen LogP contribution in [-0.4, -0.2) is 28.1 Å². The summed E-state index contributed by atoms with van der Waals surface area (Å²) in [6.45, 7) is 2.99. The summed E-state index contributed by atoms with van der Waals surface area (Å²) in [5.74, 6) is 0.354. The lowest BCUT2D eigenvalue weighted by Crippen LogP contribution is -2.29. The summed E-state index contributed by atoms with van der Waals surface area (Å²) < 4.78 is 0. The Kier molecular flexibility index (Phi) is 4.96. The van der Waals surface area contributed by atoms with Crippen LogP contribution >= 0.6 is 11.6 Å². The first-order chi connectivity index (χ1) is 12.7. The molecule has 1 fully saturated rings. The van der Waals surface area contributed by atoms with Crippen LogP contribution in [0.15, 0.2) is 48.7 Å². The number of pyridine rings is 1. The number of hydrogen-bond acceptors (Lipinski definition) is 4. The molecule has 0 amide bonds. The lowest BCUT2D eigenvalue weighted by atomic mass is 10.1. The summed E-state index contributed by atoms with van der Waals surface area (Å²) in [4.78, 5) is 6.79. The van der Waals surface area contributed by atoms with E-state index in [-0.39, 0.29) is 0 Å². The molecule has 26 heavy (non-hydrogen) atoms. The third kappa shape index (κ3) is 3.76. The van der Waals surface area contributed by atoms with Crippen LogP contribution in [0.5, 0.6) is 5.75 Å². The van der Waals surface area contributed by atoms with Crippen molar-refractivity contribution in [3.05, 3.63) is 59.2 Å². The topological polar surface area (TPSA) is 48.4 Å². The summed E-state index contributed by atoms with van der Waals surface area (Å²) in [5.41, 5.74) is 3.74. The average Bonchev–Trinajstić information content (AvgIpc) is 2.65. The molecular formula is C21H22ClN3O. The minimum Gasteiger partial charge on any atom is -0.508 e. The van der Waals surface area contributed by atoms with Crippen molar-refractivity contribution in [1.29, 1.82) is 0 Å². The molecule has 1 aromatic heterocycles. The Morgan fingerprint density at radius 2 is 1.88 bits per heavy atom. The minimum absolute atomic E-state index is 0.354. The van der Waals surface area contributed by atoms with Crippen LogP contribution in [0.25, 0.3) is 10.9 Å². The van der Waals surface area contributed by atoms with Crippen LogP contribution in [0.4, 0.5) is 11.4 Å². The number of aromatic nitrogens is 1. The number of phenolic OH excluding ortho intramolecular Hbond substituents is 1. The lowest BCUT2D eigenvalue weighted by Gasteiger charge is -2.26. The molecule has 5 heteroatoms. The van der Waals surface area contributed by atoms with E-state index in [1.54, 1.807) is 12.3 Å². The normalized spacial score (nSPS) is 15.3. The molecule has 0 aliphatic carbocycles. The van der Waals surface area contributed by atoms with Crippen LogP contribution in [0.2, 0.25) is 5.02 Å². The van der Waals surface area contributed by atoms with E-state index in [2.05, 4.69) is 15.2 Å². The maximum Gasteiger partial charge on any atom is 0.120 e. The fraction of sp³-hybridized carbons (Fsp3) is 0.286. The van der Waals surface area contributed by atoms with E-state index in [1.807, 2.05) is 36.4 Å². The van der Waals surface area contributed by atoms with Gasteiger partial charge in [-0.2, -0.15) is 0 Å². The van der Waals surface area contributed by atoms with Gasteiger partial charge in [-0.1, -0.05) is 18.0 Å². The third-order valence-electron chi connectivity index (χ3n) is 4.91. The molecule has 1 saturated heterocycles. The molecule has 2 N–H and O–H groups in total. The van der Waals surface area contributed by atoms with Crippen LogP contribution in [-0.2, 0) is 6.54 Å². The minimum atomic E-state index is 0.354. The fourth-order valence-electron chi connectivity index (χ4n) is 3.53. The summed E-state index contributed by atoms with van der Waals surface area (Å²) in [7, 11) is 0. The molecular weight excluding hydrogens is 346 g/mol. The molecule has 134 valence electrons. The Balaban J connectivity index is 1.59. The van der Waals surface area contributed by atoms with E-state index in [9.17, 15) is 5.11 Å². The maximum absolute atomic E-state index is 10.3. The molecule has 0 bridgehead atoms. The highest BCUT2D eigenvalue weighted by atomic mass is 35.5. The van der Waals surface area contributed by atoms with Gasteiger partial charge in [-0.05, 0) is 68.4 Å². The first-order valence-electron chi connectivity index (χ1n) is 9.04. The van der Waals surface area contributed by atoms with Gasteiger partial charge in [0.25, 0.3) is 0 Å². The van der Waals surface area contributed by atoms with Gasteiger partial charge in [0.05, 0.1) is 5.52 Å². The second-order valence-electron chi connectivity index (χ2n) is 6.83. The van der Waals surface area contributed by atoms with Crippen molar-refractivity contribution in [2.75, 3.05) is 18.4 Å². The predicted molar refractivity (Wildman–Crippen MR) is 107 cm³/mol. The second kappa shape index (κ2) is 7.52. The Morgan fingerprint density at radius 3 is 2.73 bits per heavy atom. The summed E-state index contributed by atoms with van der Waals surface area (Å²) in [6, 6.07) is 13.4. The highest BCUT2D eigenvalue weighted by Gasteiger charge is 2.13. The van der Waals surface area contributed by atoms with Gasteiger partial charge in [0, 0.05) is 40.1 Å². The van der Waals surface area contributed by atoms with Crippen molar-refractivity contribution in [2.45, 2.75) is 25.8 Å². The first kappa shape index (κ1) is 17.1. The fourth-order valence-corrected chi connectivity index (χ4v) is 3.70. The first-order valence-corrected chi connectivity index (χ1v) is 9.42. The van der Waals surface area contributed by atoms with Crippen LogP contribution in [0.1, 0.15) is 24.8 Å². The zero-order valence-corrected chi connectivity index (χ0v) is 15.3. The van der Waals surface area contributed by atoms with Gasteiger partial charge in [-0.3, -0.25) is 9.88 Å². The molecule has 1 aliphatic rings. The highest BCUT2D eigenvalue weighted by Crippen LogP contribution is 2.30. The highest BCUT2D eigenvalue weighted by molar-refractivity contribution is 6.31. The molecule has 2 aromatic carbocycles. The number of piperidine rings is 1. The van der Waals surface area contributed by atoms with Gasteiger partial charge in [0.15, 0.2) is 0 Å². The zero-order chi connectivity index (χ0) is 17.9. The van der Waals surface area contributed by atoms with Crippen molar-refractivity contribution in [2.24, 2.45) is 0 Å². The van der Waals surface area contributed by atoms with Gasteiger partial charge in [-0.25, -0.2) is 0 Å². The number of anilines is 2. The van der Waals surface area contributed by atoms with E-state index in [4.69, 9.17) is 11.6 Å². The van der Waals surface area contributed by atoms with E-state index in [1.165, 1.54) is 19.3 Å². The number of fused-ring (bicyclic) bond motifs is 1. The Labute approximate surface area is 158 Å². The van der Waals surface area contributed by atoms with E-state index in [0.29, 0.717) is 10.8 Å². The van der Waals surface area contributed by atoms with E-state index in [0.717, 1.165) is 47.5 Å².